The van der Waals surface area contributed by atoms with Crippen molar-refractivity contribution in [3.8, 4) is 5.75 Å². The van der Waals surface area contributed by atoms with Crippen LogP contribution in [0.3, 0.4) is 0 Å². The normalized spacial score (nSPS) is 11.9. The average Bonchev–Trinajstić information content (AvgIpc) is 2.25. The first-order chi connectivity index (χ1) is 7.63. The first-order valence-corrected chi connectivity index (χ1v) is 5.97. The van der Waals surface area contributed by atoms with Crippen LogP contribution >= 0.6 is 15.9 Å². The van der Waals surface area contributed by atoms with Crippen molar-refractivity contribution in [2.75, 3.05) is 6.54 Å². The number of hydrogen-bond donors (Lipinski definition) is 1. The maximum Gasteiger partial charge on any atom is 0.260 e. The number of nitrogens with one attached hydrogen (secondary N) is 1. The van der Waals surface area contributed by atoms with E-state index in [0.29, 0.717) is 12.3 Å². The minimum atomic E-state index is -0.511. The molecule has 1 rings (SSSR count). The number of carbonyl (C=O) groups is 1. The fraction of sp³-hybridized carbons (Fsp3) is 0.455. The highest BCUT2D eigenvalue weighted by atomic mass is 79.9. The van der Waals surface area contributed by atoms with Gasteiger partial charge in [-0.05, 0) is 35.3 Å². The molecule has 1 aromatic heterocycles. The van der Waals surface area contributed by atoms with E-state index in [1.54, 1.807) is 25.4 Å². The predicted molar refractivity (Wildman–Crippen MR) is 65.3 cm³/mol. The van der Waals surface area contributed by atoms with E-state index in [2.05, 4.69) is 26.2 Å². The largest absolute Gasteiger partial charge is 0.479 e. The van der Waals surface area contributed by atoms with Crippen molar-refractivity contribution in [3.05, 3.63) is 22.9 Å². The maximum atomic E-state index is 11.5. The first-order valence-electron chi connectivity index (χ1n) is 5.18. The van der Waals surface area contributed by atoms with Crippen molar-refractivity contribution in [2.24, 2.45) is 0 Å². The third kappa shape index (κ3) is 4.18. The molecule has 1 heterocycles. The van der Waals surface area contributed by atoms with Crippen LogP contribution in [0.15, 0.2) is 22.9 Å². The number of halogens is 1. The third-order valence-corrected chi connectivity index (χ3v) is 2.34. The molecule has 0 aromatic carbocycles. The van der Waals surface area contributed by atoms with Crippen LogP contribution in [0.2, 0.25) is 0 Å². The minimum Gasteiger partial charge on any atom is -0.479 e. The lowest BCUT2D eigenvalue weighted by Gasteiger charge is -2.14. The molecule has 0 aliphatic carbocycles. The molecule has 0 aliphatic heterocycles. The highest BCUT2D eigenvalue weighted by molar-refractivity contribution is 9.10. The molecule has 1 atom stereocenters. The van der Waals surface area contributed by atoms with E-state index in [0.717, 1.165) is 10.9 Å². The summed E-state index contributed by atoms with van der Waals surface area (Å²) in [7, 11) is 0. The summed E-state index contributed by atoms with van der Waals surface area (Å²) in [6.45, 7) is 4.39. The second-order valence-electron chi connectivity index (χ2n) is 3.39. The maximum absolute atomic E-state index is 11.5. The quantitative estimate of drug-likeness (QED) is 0.902. The smallest absolute Gasteiger partial charge is 0.260 e. The van der Waals surface area contributed by atoms with Crippen molar-refractivity contribution in [1.29, 1.82) is 0 Å². The molecule has 0 saturated heterocycles. The van der Waals surface area contributed by atoms with Gasteiger partial charge in [0.05, 0.1) is 6.20 Å². The van der Waals surface area contributed by atoms with Gasteiger partial charge in [-0.15, -0.1) is 0 Å². The molecule has 16 heavy (non-hydrogen) atoms. The van der Waals surface area contributed by atoms with E-state index in [-0.39, 0.29) is 5.91 Å². The Hall–Kier alpha value is -1.10. The molecule has 1 unspecified atom stereocenters. The lowest BCUT2D eigenvalue weighted by molar-refractivity contribution is -0.127. The zero-order valence-electron chi connectivity index (χ0n) is 9.37. The molecule has 0 aliphatic rings. The Balaban J connectivity index is 2.50. The summed E-state index contributed by atoms with van der Waals surface area (Å²) in [5.41, 5.74) is 0. The lowest BCUT2D eigenvalue weighted by atomic mass is 10.3. The van der Waals surface area contributed by atoms with Crippen LogP contribution in [0.5, 0.6) is 5.75 Å². The molecule has 0 bridgehead atoms. The minimum absolute atomic E-state index is 0.109. The van der Waals surface area contributed by atoms with Crippen molar-refractivity contribution in [3.63, 3.8) is 0 Å². The molecular weight excluding hydrogens is 272 g/mol. The van der Waals surface area contributed by atoms with E-state index in [9.17, 15) is 4.79 Å². The number of ether oxygens (including phenoxy) is 1. The summed E-state index contributed by atoms with van der Waals surface area (Å²) < 4.78 is 6.27. The molecule has 4 nitrogen and oxygen atoms in total. The second-order valence-corrected chi connectivity index (χ2v) is 4.31. The number of rotatable bonds is 5. The summed E-state index contributed by atoms with van der Waals surface area (Å²) >= 11 is 3.29. The van der Waals surface area contributed by atoms with Gasteiger partial charge in [0.1, 0.15) is 5.75 Å². The van der Waals surface area contributed by atoms with Crippen LogP contribution in [0.25, 0.3) is 0 Å². The second kappa shape index (κ2) is 6.48. The van der Waals surface area contributed by atoms with Crippen LogP contribution in [-0.4, -0.2) is 23.5 Å². The van der Waals surface area contributed by atoms with Gasteiger partial charge in [-0.25, -0.2) is 0 Å². The van der Waals surface area contributed by atoms with Crippen molar-refractivity contribution in [1.82, 2.24) is 10.3 Å². The Bertz CT molecular complexity index is 358. The monoisotopic (exact) mass is 286 g/mol. The average molecular weight is 287 g/mol. The van der Waals surface area contributed by atoms with Gasteiger partial charge in [-0.3, -0.25) is 9.78 Å². The summed E-state index contributed by atoms with van der Waals surface area (Å²) in [5.74, 6) is 0.468. The third-order valence-electron chi connectivity index (χ3n) is 1.91. The molecule has 88 valence electrons. The summed E-state index contributed by atoms with van der Waals surface area (Å²) in [6, 6.07) is 1.77. The highest BCUT2D eigenvalue weighted by Gasteiger charge is 2.13. The fourth-order valence-electron chi connectivity index (χ4n) is 1.11. The van der Waals surface area contributed by atoms with Gasteiger partial charge in [0, 0.05) is 17.2 Å². The van der Waals surface area contributed by atoms with Crippen molar-refractivity contribution < 1.29 is 9.53 Å². The van der Waals surface area contributed by atoms with E-state index in [4.69, 9.17) is 4.74 Å². The Morgan fingerprint density at radius 2 is 2.38 bits per heavy atom. The Morgan fingerprint density at radius 3 is 3.00 bits per heavy atom. The number of aromatic nitrogens is 1. The van der Waals surface area contributed by atoms with Gasteiger partial charge in [0.2, 0.25) is 0 Å². The van der Waals surface area contributed by atoms with Gasteiger partial charge >= 0.3 is 0 Å². The van der Waals surface area contributed by atoms with Gasteiger partial charge in [0.15, 0.2) is 6.10 Å². The van der Waals surface area contributed by atoms with Gasteiger partial charge in [-0.2, -0.15) is 0 Å². The van der Waals surface area contributed by atoms with Crippen molar-refractivity contribution >= 4 is 21.8 Å². The molecule has 0 fully saturated rings. The molecule has 1 N–H and O–H groups in total. The van der Waals surface area contributed by atoms with Gasteiger partial charge in [0.25, 0.3) is 5.91 Å². The van der Waals surface area contributed by atoms with Crippen molar-refractivity contribution in [2.45, 2.75) is 26.4 Å². The Labute approximate surface area is 104 Å². The predicted octanol–water partition coefficient (Wildman–Crippen LogP) is 2.14. The molecule has 1 amide bonds. The van der Waals surface area contributed by atoms with Gasteiger partial charge in [-0.1, -0.05) is 6.92 Å². The van der Waals surface area contributed by atoms with E-state index >= 15 is 0 Å². The number of amides is 1. The zero-order chi connectivity index (χ0) is 12.0. The van der Waals surface area contributed by atoms with E-state index in [1.807, 2.05) is 6.92 Å². The fourth-order valence-corrected chi connectivity index (χ4v) is 1.45. The van der Waals surface area contributed by atoms with E-state index < -0.39 is 6.10 Å². The topological polar surface area (TPSA) is 51.2 Å². The van der Waals surface area contributed by atoms with Crippen LogP contribution in [0.4, 0.5) is 0 Å². The lowest BCUT2D eigenvalue weighted by Crippen LogP contribution is -2.36. The molecule has 0 radical (unpaired) electrons. The number of hydrogen-bond acceptors (Lipinski definition) is 3. The molecule has 1 aromatic rings. The van der Waals surface area contributed by atoms with Crippen LogP contribution in [0.1, 0.15) is 20.3 Å². The highest BCUT2D eigenvalue weighted by Crippen LogP contribution is 2.16. The van der Waals surface area contributed by atoms with Crippen LogP contribution in [-0.2, 0) is 4.79 Å². The van der Waals surface area contributed by atoms with Crippen LogP contribution in [0, 0.1) is 0 Å². The van der Waals surface area contributed by atoms with Gasteiger partial charge < -0.3 is 10.1 Å². The molecular formula is C11H15BrN2O2. The van der Waals surface area contributed by atoms with Crippen LogP contribution < -0.4 is 10.1 Å². The summed E-state index contributed by atoms with van der Waals surface area (Å²) in [4.78, 5) is 15.5. The van der Waals surface area contributed by atoms with E-state index in [1.165, 1.54) is 0 Å². The summed E-state index contributed by atoms with van der Waals surface area (Å²) in [5, 5.41) is 2.77. The zero-order valence-corrected chi connectivity index (χ0v) is 11.0. The molecule has 0 spiro atoms. The SMILES string of the molecule is CCCNC(=O)C(C)Oc1cncc(Br)c1. The standard InChI is InChI=1S/C11H15BrN2O2/c1-3-4-14-11(15)8(2)16-10-5-9(12)6-13-7-10/h5-8H,3-4H2,1-2H3,(H,14,15). The molecule has 0 saturated carbocycles. The summed E-state index contributed by atoms with van der Waals surface area (Å²) in [6.07, 6.45) is 3.64. The Morgan fingerprint density at radius 1 is 1.62 bits per heavy atom. The Kier molecular flexibility index (Phi) is 5.25. The number of pyridine rings is 1. The number of carbonyl (C=O) groups excluding carboxylic acids is 1. The number of nitrogens with zero attached hydrogens (tertiary/aromatic N) is 1. The first kappa shape index (κ1) is 13.0. The molecule has 5 heteroatoms.